The maximum atomic E-state index is 13.8. The summed E-state index contributed by atoms with van der Waals surface area (Å²) >= 11 is 1.58. The topological polar surface area (TPSA) is 43.8 Å². The average Bonchev–Trinajstić information content (AvgIpc) is 2.97. The number of carbonyl (C=O) groups is 1. The number of amides is 1. The van der Waals surface area contributed by atoms with Gasteiger partial charge in [0, 0.05) is 38.0 Å². The molecule has 0 aromatic heterocycles. The van der Waals surface area contributed by atoms with Crippen molar-refractivity contribution in [3.63, 3.8) is 0 Å². The summed E-state index contributed by atoms with van der Waals surface area (Å²) in [6, 6.07) is 3.38. The molecule has 1 aromatic rings. The van der Waals surface area contributed by atoms with Crippen LogP contribution in [0.3, 0.4) is 0 Å². The van der Waals surface area contributed by atoms with Crippen LogP contribution in [0.4, 0.5) is 14.5 Å². The quantitative estimate of drug-likeness (QED) is 0.893. The number of halogens is 2. The fraction of sp³-hybridized carbons (Fsp3) is 0.533. The highest BCUT2D eigenvalue weighted by atomic mass is 32.2. The van der Waals surface area contributed by atoms with E-state index in [2.05, 4.69) is 0 Å². The lowest BCUT2D eigenvalue weighted by Gasteiger charge is -2.38. The number of carbonyl (C=O) groups excluding carboxylic acids is 1. The van der Waals surface area contributed by atoms with Gasteiger partial charge in [0.15, 0.2) is 5.60 Å². The first kappa shape index (κ1) is 15.6. The molecule has 3 rings (SSSR count). The van der Waals surface area contributed by atoms with Crippen LogP contribution in [-0.4, -0.2) is 59.2 Å². The van der Waals surface area contributed by atoms with Crippen LogP contribution >= 0.6 is 11.8 Å². The first-order valence-corrected chi connectivity index (χ1v) is 8.45. The van der Waals surface area contributed by atoms with Gasteiger partial charge in [0.2, 0.25) is 0 Å². The van der Waals surface area contributed by atoms with Gasteiger partial charge in [-0.3, -0.25) is 4.79 Å². The molecule has 120 valence electrons. The fourth-order valence-electron chi connectivity index (χ4n) is 2.90. The Hall–Kier alpha value is -1.34. The van der Waals surface area contributed by atoms with Crippen molar-refractivity contribution in [2.24, 2.45) is 0 Å². The van der Waals surface area contributed by atoms with Gasteiger partial charge >= 0.3 is 0 Å². The molecule has 2 aliphatic heterocycles. The minimum atomic E-state index is -1.25. The summed E-state index contributed by atoms with van der Waals surface area (Å²) in [5.74, 6) is 0.0393. The van der Waals surface area contributed by atoms with Crippen LogP contribution in [0.5, 0.6) is 0 Å². The summed E-state index contributed by atoms with van der Waals surface area (Å²) in [5, 5.41) is 10.3. The largest absolute Gasteiger partial charge is 0.379 e. The molecule has 0 radical (unpaired) electrons. The zero-order valence-electron chi connectivity index (χ0n) is 12.1. The maximum Gasteiger partial charge on any atom is 0.255 e. The van der Waals surface area contributed by atoms with Gasteiger partial charge in [0.05, 0.1) is 5.69 Å². The molecule has 1 aromatic carbocycles. The fourth-order valence-corrected chi connectivity index (χ4v) is 4.13. The van der Waals surface area contributed by atoms with Gasteiger partial charge in [-0.2, -0.15) is 11.8 Å². The highest BCUT2D eigenvalue weighted by molar-refractivity contribution is 7.99. The van der Waals surface area contributed by atoms with Gasteiger partial charge in [0.1, 0.15) is 11.6 Å². The molecule has 4 nitrogen and oxygen atoms in total. The first-order valence-electron chi connectivity index (χ1n) is 7.29. The van der Waals surface area contributed by atoms with E-state index in [1.54, 1.807) is 21.6 Å². The van der Waals surface area contributed by atoms with Crippen LogP contribution in [0.2, 0.25) is 0 Å². The standard InChI is InChI=1S/C15H18F2N2O2S/c16-11-1-2-12(17)13(9-11)18-4-6-19(7-5-18)14(20)15(21)3-8-22-10-15/h1-2,9,21H,3-8,10H2. The second kappa shape index (κ2) is 6.04. The van der Waals surface area contributed by atoms with Crippen molar-refractivity contribution >= 4 is 23.4 Å². The molecule has 1 atom stereocenters. The zero-order chi connectivity index (χ0) is 15.7. The molecular formula is C15H18F2N2O2S. The van der Waals surface area contributed by atoms with Crippen molar-refractivity contribution in [2.45, 2.75) is 12.0 Å². The van der Waals surface area contributed by atoms with Gasteiger partial charge in [-0.25, -0.2) is 8.78 Å². The van der Waals surface area contributed by atoms with Crippen LogP contribution < -0.4 is 4.90 Å². The van der Waals surface area contributed by atoms with Crippen LogP contribution in [0.1, 0.15) is 6.42 Å². The molecule has 1 amide bonds. The summed E-state index contributed by atoms with van der Waals surface area (Å²) < 4.78 is 27.1. The predicted molar refractivity (Wildman–Crippen MR) is 82.0 cm³/mol. The van der Waals surface area contributed by atoms with E-state index >= 15 is 0 Å². The highest BCUT2D eigenvalue weighted by Gasteiger charge is 2.42. The number of piperazine rings is 1. The van der Waals surface area contributed by atoms with Crippen molar-refractivity contribution in [3.8, 4) is 0 Å². The number of hydrogen-bond acceptors (Lipinski definition) is 4. The Bertz CT molecular complexity index is 571. The van der Waals surface area contributed by atoms with Crippen molar-refractivity contribution < 1.29 is 18.7 Å². The average molecular weight is 328 g/mol. The van der Waals surface area contributed by atoms with E-state index in [0.717, 1.165) is 17.9 Å². The zero-order valence-corrected chi connectivity index (χ0v) is 12.9. The highest BCUT2D eigenvalue weighted by Crippen LogP contribution is 2.30. The summed E-state index contributed by atoms with van der Waals surface area (Å²) in [5.41, 5.74) is -1.03. The molecule has 22 heavy (non-hydrogen) atoms. The molecule has 0 spiro atoms. The molecule has 0 aliphatic carbocycles. The van der Waals surface area contributed by atoms with E-state index in [1.165, 1.54) is 6.07 Å². The Kier molecular flexibility index (Phi) is 4.27. The molecular weight excluding hydrogens is 310 g/mol. The van der Waals surface area contributed by atoms with E-state index in [1.807, 2.05) is 0 Å². The minimum absolute atomic E-state index is 0.224. The summed E-state index contributed by atoms with van der Waals surface area (Å²) in [4.78, 5) is 15.8. The van der Waals surface area contributed by atoms with Crippen molar-refractivity contribution in [3.05, 3.63) is 29.8 Å². The number of rotatable bonds is 2. The smallest absolute Gasteiger partial charge is 0.255 e. The number of nitrogens with zero attached hydrogens (tertiary/aromatic N) is 2. The van der Waals surface area contributed by atoms with Gasteiger partial charge in [-0.05, 0) is 24.3 Å². The third-order valence-corrected chi connectivity index (χ3v) is 5.39. The monoisotopic (exact) mass is 328 g/mol. The Balaban J connectivity index is 1.65. The number of thioether (sulfide) groups is 1. The SMILES string of the molecule is O=C(N1CCN(c2cc(F)ccc2F)CC1)C1(O)CCSC1. The normalized spacial score (nSPS) is 25.6. The number of hydrogen-bond donors (Lipinski definition) is 1. The summed E-state index contributed by atoms with van der Waals surface area (Å²) in [7, 11) is 0. The lowest BCUT2D eigenvalue weighted by molar-refractivity contribution is -0.149. The Labute approximate surface area is 132 Å². The third-order valence-electron chi connectivity index (χ3n) is 4.21. The Morgan fingerprint density at radius 3 is 2.59 bits per heavy atom. The minimum Gasteiger partial charge on any atom is -0.379 e. The molecule has 1 unspecified atom stereocenters. The lowest BCUT2D eigenvalue weighted by atomic mass is 10.0. The van der Waals surface area contributed by atoms with Crippen LogP contribution in [-0.2, 0) is 4.79 Å². The van der Waals surface area contributed by atoms with Crippen molar-refractivity contribution in [2.75, 3.05) is 42.6 Å². The molecule has 2 aliphatic rings. The summed E-state index contributed by atoms with van der Waals surface area (Å²) in [6.45, 7) is 1.66. The Morgan fingerprint density at radius 2 is 1.95 bits per heavy atom. The predicted octanol–water partition coefficient (Wildman–Crippen LogP) is 1.48. The van der Waals surface area contributed by atoms with E-state index in [9.17, 15) is 18.7 Å². The van der Waals surface area contributed by atoms with E-state index in [-0.39, 0.29) is 11.6 Å². The number of benzene rings is 1. The van der Waals surface area contributed by atoms with Gasteiger partial charge in [-0.1, -0.05) is 0 Å². The maximum absolute atomic E-state index is 13.8. The summed E-state index contributed by atoms with van der Waals surface area (Å²) in [6.07, 6.45) is 0.481. The van der Waals surface area contributed by atoms with Crippen molar-refractivity contribution in [1.29, 1.82) is 0 Å². The van der Waals surface area contributed by atoms with Crippen molar-refractivity contribution in [1.82, 2.24) is 4.90 Å². The van der Waals surface area contributed by atoms with Gasteiger partial charge < -0.3 is 14.9 Å². The molecule has 2 fully saturated rings. The first-order chi connectivity index (χ1) is 10.5. The van der Waals surface area contributed by atoms with E-state index in [4.69, 9.17) is 0 Å². The lowest BCUT2D eigenvalue weighted by Crippen LogP contribution is -2.56. The van der Waals surface area contributed by atoms with E-state index < -0.39 is 17.2 Å². The number of anilines is 1. The molecule has 0 saturated carbocycles. The molecule has 0 bridgehead atoms. The molecule has 1 N–H and O–H groups in total. The molecule has 2 heterocycles. The van der Waals surface area contributed by atoms with Crippen LogP contribution in [0.25, 0.3) is 0 Å². The molecule has 2 saturated heterocycles. The molecule has 7 heteroatoms. The van der Waals surface area contributed by atoms with Crippen LogP contribution in [0, 0.1) is 11.6 Å². The van der Waals surface area contributed by atoms with E-state index in [0.29, 0.717) is 38.4 Å². The third kappa shape index (κ3) is 2.92. The second-order valence-corrected chi connectivity index (χ2v) is 6.81. The van der Waals surface area contributed by atoms with Gasteiger partial charge in [-0.15, -0.1) is 0 Å². The number of aliphatic hydroxyl groups is 1. The van der Waals surface area contributed by atoms with Gasteiger partial charge in [0.25, 0.3) is 5.91 Å². The van der Waals surface area contributed by atoms with Crippen LogP contribution in [0.15, 0.2) is 18.2 Å². The second-order valence-electron chi connectivity index (χ2n) is 5.71. The Morgan fingerprint density at radius 1 is 1.23 bits per heavy atom.